The first-order valence-electron chi connectivity index (χ1n) is 10.3. The average Bonchev–Trinajstić information content (AvgIpc) is 2.79. The number of nitrogens with two attached hydrogens (primary N) is 1. The van der Waals surface area contributed by atoms with E-state index in [0.717, 1.165) is 11.1 Å². The maximum absolute atomic E-state index is 14.4. The topological polar surface area (TPSA) is 132 Å². The Morgan fingerprint density at radius 1 is 1.00 bits per heavy atom. The zero-order valence-corrected chi connectivity index (χ0v) is 18.1. The highest BCUT2D eigenvalue weighted by Crippen LogP contribution is 2.32. The van der Waals surface area contributed by atoms with Crippen molar-refractivity contribution in [3.8, 4) is 28.6 Å². The van der Waals surface area contributed by atoms with Crippen molar-refractivity contribution in [2.24, 2.45) is 5.73 Å². The van der Waals surface area contributed by atoms with E-state index in [-0.39, 0.29) is 18.6 Å². The van der Waals surface area contributed by atoms with Crippen LogP contribution in [0.1, 0.15) is 24.5 Å². The molecule has 0 fully saturated rings. The summed E-state index contributed by atoms with van der Waals surface area (Å²) in [5.74, 6) is -6.11. The Labute approximate surface area is 193 Å². The number of nitrogens with zero attached hydrogens (tertiary/aromatic N) is 1. The van der Waals surface area contributed by atoms with Gasteiger partial charge in [0, 0.05) is 12.6 Å². The molecule has 178 valence electrons. The van der Waals surface area contributed by atoms with Crippen molar-refractivity contribution in [1.29, 1.82) is 0 Å². The first kappa shape index (κ1) is 24.6. The number of halogens is 2. The van der Waals surface area contributed by atoms with E-state index in [1.807, 2.05) is 12.1 Å². The first-order valence-corrected chi connectivity index (χ1v) is 10.3. The van der Waals surface area contributed by atoms with Gasteiger partial charge < -0.3 is 25.4 Å². The average molecular weight is 472 g/mol. The molecule has 0 aliphatic heterocycles. The van der Waals surface area contributed by atoms with Crippen molar-refractivity contribution in [3.05, 3.63) is 71.3 Å². The molecule has 0 saturated heterocycles. The van der Waals surface area contributed by atoms with Gasteiger partial charge in [0.2, 0.25) is 0 Å². The number of aromatic nitrogens is 1. The van der Waals surface area contributed by atoms with Gasteiger partial charge in [0.05, 0.1) is 6.42 Å². The molecule has 0 amide bonds. The summed E-state index contributed by atoms with van der Waals surface area (Å²) < 4.78 is 39.1. The summed E-state index contributed by atoms with van der Waals surface area (Å²) >= 11 is 0. The summed E-state index contributed by atoms with van der Waals surface area (Å²) in [6, 6.07) is 12.3. The van der Waals surface area contributed by atoms with Crippen LogP contribution in [0.4, 0.5) is 8.78 Å². The number of carbonyl (C=O) groups is 2. The standard InChI is InChI=1S/C24H22F2N2O6/c1-2-20(24(31)32)34-23-19(26)11-18(25)22(28-23)33-17-8-14(9-21(29)30)7-16(10-17)15-5-3-4-13(6-15)12-27/h3-8,10-11,20H,2,9,12,27H2,1H3,(H,29,30)(H,31,32). The second-order valence-corrected chi connectivity index (χ2v) is 7.36. The maximum Gasteiger partial charge on any atom is 0.344 e. The third-order valence-electron chi connectivity index (χ3n) is 4.80. The SMILES string of the molecule is CCC(Oc1nc(Oc2cc(CC(=O)O)cc(-c3cccc(CN)c3)c2)c(F)cc1F)C(=O)O. The van der Waals surface area contributed by atoms with Crippen LogP contribution in [-0.4, -0.2) is 33.2 Å². The van der Waals surface area contributed by atoms with Gasteiger partial charge in [-0.3, -0.25) is 4.79 Å². The minimum Gasteiger partial charge on any atom is -0.481 e. The maximum atomic E-state index is 14.4. The molecule has 1 unspecified atom stereocenters. The molecule has 0 saturated carbocycles. The largest absolute Gasteiger partial charge is 0.481 e. The zero-order valence-electron chi connectivity index (χ0n) is 18.1. The van der Waals surface area contributed by atoms with E-state index < -0.39 is 41.4 Å². The van der Waals surface area contributed by atoms with Crippen LogP contribution in [-0.2, 0) is 22.6 Å². The molecule has 34 heavy (non-hydrogen) atoms. The normalized spacial score (nSPS) is 11.6. The van der Waals surface area contributed by atoms with Gasteiger partial charge in [-0.15, -0.1) is 0 Å². The molecule has 0 bridgehead atoms. The van der Waals surface area contributed by atoms with E-state index in [1.165, 1.54) is 19.1 Å². The van der Waals surface area contributed by atoms with Gasteiger partial charge in [-0.1, -0.05) is 31.2 Å². The Morgan fingerprint density at radius 3 is 2.35 bits per heavy atom. The molecule has 10 heteroatoms. The highest BCUT2D eigenvalue weighted by atomic mass is 19.1. The summed E-state index contributed by atoms with van der Waals surface area (Å²) in [6.45, 7) is 1.82. The van der Waals surface area contributed by atoms with Crippen LogP contribution >= 0.6 is 0 Å². The van der Waals surface area contributed by atoms with Crippen molar-refractivity contribution in [3.63, 3.8) is 0 Å². The molecule has 0 aliphatic rings. The van der Waals surface area contributed by atoms with Crippen molar-refractivity contribution in [2.45, 2.75) is 32.4 Å². The number of aliphatic carboxylic acids is 2. The van der Waals surface area contributed by atoms with Crippen LogP contribution in [0, 0.1) is 11.6 Å². The summed E-state index contributed by atoms with van der Waals surface area (Å²) in [7, 11) is 0. The van der Waals surface area contributed by atoms with Gasteiger partial charge in [-0.2, -0.15) is 4.98 Å². The lowest BCUT2D eigenvalue weighted by molar-refractivity contribution is -0.145. The molecule has 0 radical (unpaired) electrons. The van der Waals surface area contributed by atoms with E-state index in [1.54, 1.807) is 18.2 Å². The molecule has 1 aromatic heterocycles. The third kappa shape index (κ3) is 6.04. The number of pyridine rings is 1. The molecule has 2 aromatic carbocycles. The minimum atomic E-state index is -1.39. The number of carboxylic acid groups (broad SMARTS) is 2. The fourth-order valence-corrected chi connectivity index (χ4v) is 3.18. The Bertz CT molecular complexity index is 1220. The van der Waals surface area contributed by atoms with E-state index in [4.69, 9.17) is 20.3 Å². The molecule has 3 aromatic rings. The lowest BCUT2D eigenvalue weighted by Gasteiger charge is -2.15. The van der Waals surface area contributed by atoms with Crippen LogP contribution in [0.2, 0.25) is 0 Å². The minimum absolute atomic E-state index is 0.0203. The predicted octanol–water partition coefficient (Wildman–Crippen LogP) is 4.15. The molecule has 3 rings (SSSR count). The van der Waals surface area contributed by atoms with Crippen molar-refractivity contribution < 1.29 is 38.1 Å². The number of carboxylic acids is 2. The molecular weight excluding hydrogens is 450 g/mol. The number of rotatable bonds is 10. The Hall–Kier alpha value is -4.05. The highest BCUT2D eigenvalue weighted by molar-refractivity contribution is 5.73. The lowest BCUT2D eigenvalue weighted by Crippen LogP contribution is -2.26. The van der Waals surface area contributed by atoms with Crippen LogP contribution < -0.4 is 15.2 Å². The van der Waals surface area contributed by atoms with Crippen LogP contribution in [0.5, 0.6) is 17.5 Å². The van der Waals surface area contributed by atoms with Gasteiger partial charge in [0.1, 0.15) is 5.75 Å². The van der Waals surface area contributed by atoms with E-state index in [9.17, 15) is 23.5 Å². The monoisotopic (exact) mass is 472 g/mol. The first-order chi connectivity index (χ1) is 16.2. The smallest absolute Gasteiger partial charge is 0.344 e. The van der Waals surface area contributed by atoms with E-state index in [2.05, 4.69) is 4.98 Å². The fourth-order valence-electron chi connectivity index (χ4n) is 3.18. The molecule has 0 aliphatic carbocycles. The number of benzene rings is 2. The molecule has 1 atom stereocenters. The second-order valence-electron chi connectivity index (χ2n) is 7.36. The zero-order chi connectivity index (χ0) is 24.8. The molecule has 4 N–H and O–H groups in total. The van der Waals surface area contributed by atoms with E-state index in [0.29, 0.717) is 23.7 Å². The molecule has 1 heterocycles. The van der Waals surface area contributed by atoms with Gasteiger partial charge >= 0.3 is 11.9 Å². The van der Waals surface area contributed by atoms with Gasteiger partial charge in [0.25, 0.3) is 11.8 Å². The Kier molecular flexibility index (Phi) is 7.75. The number of hydrogen-bond donors (Lipinski definition) is 3. The van der Waals surface area contributed by atoms with Gasteiger partial charge in [0.15, 0.2) is 17.7 Å². The van der Waals surface area contributed by atoms with Crippen molar-refractivity contribution >= 4 is 11.9 Å². The quantitative estimate of drug-likeness (QED) is 0.401. The van der Waals surface area contributed by atoms with Crippen LogP contribution in [0.15, 0.2) is 48.5 Å². The summed E-state index contributed by atoms with van der Waals surface area (Å²) in [5.41, 5.74) is 8.23. The number of hydrogen-bond acceptors (Lipinski definition) is 6. The van der Waals surface area contributed by atoms with Crippen molar-refractivity contribution in [1.82, 2.24) is 4.98 Å². The molecule has 8 nitrogen and oxygen atoms in total. The van der Waals surface area contributed by atoms with Gasteiger partial charge in [-0.05, 0) is 46.9 Å². The summed E-state index contributed by atoms with van der Waals surface area (Å²) in [6.07, 6.45) is -1.70. The predicted molar refractivity (Wildman–Crippen MR) is 118 cm³/mol. The Morgan fingerprint density at radius 2 is 1.71 bits per heavy atom. The van der Waals surface area contributed by atoms with Crippen LogP contribution in [0.3, 0.4) is 0 Å². The summed E-state index contributed by atoms with van der Waals surface area (Å²) in [4.78, 5) is 26.1. The molecule has 0 spiro atoms. The van der Waals surface area contributed by atoms with Crippen LogP contribution in [0.25, 0.3) is 11.1 Å². The van der Waals surface area contributed by atoms with Gasteiger partial charge in [-0.25, -0.2) is 13.6 Å². The fraction of sp³-hybridized carbons (Fsp3) is 0.208. The lowest BCUT2D eigenvalue weighted by atomic mass is 9.99. The van der Waals surface area contributed by atoms with E-state index >= 15 is 0 Å². The van der Waals surface area contributed by atoms with Crippen molar-refractivity contribution in [2.75, 3.05) is 0 Å². The third-order valence-corrected chi connectivity index (χ3v) is 4.80. The Balaban J connectivity index is 2.01. The second kappa shape index (κ2) is 10.7. The number of ether oxygens (including phenoxy) is 2. The summed E-state index contributed by atoms with van der Waals surface area (Å²) in [5, 5.41) is 18.3. The highest BCUT2D eigenvalue weighted by Gasteiger charge is 2.22. The molecular formula is C24H22F2N2O6.